The smallest absolute Gasteiger partial charge is 0.0925 e. The van der Waals surface area contributed by atoms with Crippen LogP contribution in [0.15, 0.2) is 6.20 Å². The van der Waals surface area contributed by atoms with Crippen LogP contribution in [0, 0.1) is 0 Å². The van der Waals surface area contributed by atoms with E-state index >= 15 is 0 Å². The van der Waals surface area contributed by atoms with Gasteiger partial charge in [0.1, 0.15) is 0 Å². The van der Waals surface area contributed by atoms with Crippen LogP contribution in [0.2, 0.25) is 0 Å². The van der Waals surface area contributed by atoms with Gasteiger partial charge in [0.25, 0.3) is 0 Å². The van der Waals surface area contributed by atoms with Gasteiger partial charge in [-0.15, -0.1) is 11.3 Å². The third-order valence-corrected chi connectivity index (χ3v) is 3.89. The maximum absolute atomic E-state index is 9.56. The molecule has 0 amide bonds. The Labute approximate surface area is 94.8 Å². The van der Waals surface area contributed by atoms with Crippen molar-refractivity contribution >= 4 is 11.3 Å². The number of hydrogen-bond acceptors (Lipinski definition) is 4. The van der Waals surface area contributed by atoms with Crippen molar-refractivity contribution in [2.75, 3.05) is 13.1 Å². The summed E-state index contributed by atoms with van der Waals surface area (Å²) < 4.78 is 0. The summed E-state index contributed by atoms with van der Waals surface area (Å²) in [6.45, 7) is 5.01. The predicted octanol–water partition coefficient (Wildman–Crippen LogP) is 1.66. The van der Waals surface area contributed by atoms with Gasteiger partial charge in [-0.05, 0) is 25.8 Å². The van der Waals surface area contributed by atoms with Gasteiger partial charge in [0.2, 0.25) is 0 Å². The molecule has 1 aromatic rings. The lowest BCUT2D eigenvalue weighted by atomic mass is 10.1. The number of nitrogens with zero attached hydrogens (tertiary/aromatic N) is 2. The van der Waals surface area contributed by atoms with Crippen molar-refractivity contribution in [1.82, 2.24) is 9.88 Å². The highest BCUT2D eigenvalue weighted by Gasteiger charge is 2.18. The Kier molecular flexibility index (Phi) is 3.72. The zero-order valence-electron chi connectivity index (χ0n) is 9.15. The van der Waals surface area contributed by atoms with Crippen molar-refractivity contribution in [2.45, 2.75) is 38.8 Å². The second-order valence-electron chi connectivity index (χ2n) is 4.11. The molecule has 1 aliphatic rings. The second-order valence-corrected chi connectivity index (χ2v) is 5.30. The first-order chi connectivity index (χ1) is 7.28. The number of piperidine rings is 1. The largest absolute Gasteiger partial charge is 0.392 e. The van der Waals surface area contributed by atoms with Crippen molar-refractivity contribution in [3.05, 3.63) is 16.1 Å². The molecule has 0 saturated carbocycles. The third kappa shape index (κ3) is 3.00. The van der Waals surface area contributed by atoms with Crippen molar-refractivity contribution in [1.29, 1.82) is 0 Å². The number of likely N-dealkylation sites (tertiary alicyclic amines) is 1. The van der Waals surface area contributed by atoms with E-state index in [1.54, 1.807) is 11.3 Å². The summed E-state index contributed by atoms with van der Waals surface area (Å²) in [6.07, 6.45) is 4.94. The molecular weight excluding hydrogens is 208 g/mol. The van der Waals surface area contributed by atoms with Gasteiger partial charge in [-0.2, -0.15) is 0 Å². The van der Waals surface area contributed by atoms with E-state index < -0.39 is 0 Å². The molecule has 0 aliphatic carbocycles. The zero-order valence-corrected chi connectivity index (χ0v) is 9.96. The normalized spacial score (nSPS) is 23.2. The predicted molar refractivity (Wildman–Crippen MR) is 62.0 cm³/mol. The third-order valence-electron chi connectivity index (χ3n) is 2.76. The molecule has 1 fully saturated rings. The van der Waals surface area contributed by atoms with Gasteiger partial charge >= 0.3 is 0 Å². The van der Waals surface area contributed by atoms with E-state index in [2.05, 4.69) is 16.8 Å². The minimum Gasteiger partial charge on any atom is -0.392 e. The first kappa shape index (κ1) is 11.0. The fourth-order valence-corrected chi connectivity index (χ4v) is 2.88. The van der Waals surface area contributed by atoms with Gasteiger partial charge < -0.3 is 5.11 Å². The molecule has 0 spiro atoms. The molecule has 1 atom stereocenters. The van der Waals surface area contributed by atoms with Gasteiger partial charge in [0, 0.05) is 24.2 Å². The van der Waals surface area contributed by atoms with Gasteiger partial charge in [-0.25, -0.2) is 4.98 Å². The fraction of sp³-hybridized carbons (Fsp3) is 0.727. The summed E-state index contributed by atoms with van der Waals surface area (Å²) in [5.74, 6) is 0. The number of aromatic nitrogens is 1. The molecule has 1 saturated heterocycles. The molecule has 2 rings (SSSR count). The Morgan fingerprint density at radius 3 is 3.20 bits per heavy atom. The van der Waals surface area contributed by atoms with Crippen LogP contribution in [0.25, 0.3) is 0 Å². The Morgan fingerprint density at radius 2 is 2.53 bits per heavy atom. The highest BCUT2D eigenvalue weighted by molar-refractivity contribution is 7.11. The fourth-order valence-electron chi connectivity index (χ4n) is 1.98. The highest BCUT2D eigenvalue weighted by Crippen LogP contribution is 2.18. The number of β-amino-alcohol motifs (C(OH)–C–C–N with tert-alkyl or cyclic N) is 1. The Hall–Kier alpha value is -0.450. The maximum Gasteiger partial charge on any atom is 0.0925 e. The molecule has 1 aromatic heterocycles. The number of hydrogen-bond donors (Lipinski definition) is 1. The van der Waals surface area contributed by atoms with E-state index in [-0.39, 0.29) is 6.10 Å². The SMILES string of the molecule is CCc1ncc(CN2CCCC(O)C2)s1. The average molecular weight is 226 g/mol. The lowest BCUT2D eigenvalue weighted by molar-refractivity contribution is 0.0673. The van der Waals surface area contributed by atoms with Crippen LogP contribution in [0.1, 0.15) is 29.7 Å². The standard InChI is InChI=1S/C11H18N2OS/c1-2-11-12-6-10(15-11)8-13-5-3-4-9(14)7-13/h6,9,14H,2-5,7-8H2,1H3. The lowest BCUT2D eigenvalue weighted by Crippen LogP contribution is -2.37. The number of aryl methyl sites for hydroxylation is 1. The maximum atomic E-state index is 9.56. The van der Waals surface area contributed by atoms with E-state index in [0.717, 1.165) is 38.9 Å². The molecular formula is C11H18N2OS. The van der Waals surface area contributed by atoms with Crippen LogP contribution in [0.5, 0.6) is 0 Å². The van der Waals surface area contributed by atoms with Crippen molar-refractivity contribution in [3.8, 4) is 0 Å². The Bertz CT molecular complexity index is 313. The van der Waals surface area contributed by atoms with Crippen LogP contribution in [0.3, 0.4) is 0 Å². The summed E-state index contributed by atoms with van der Waals surface area (Å²) in [5.41, 5.74) is 0. The monoisotopic (exact) mass is 226 g/mol. The van der Waals surface area contributed by atoms with Crippen molar-refractivity contribution in [2.24, 2.45) is 0 Å². The zero-order chi connectivity index (χ0) is 10.7. The average Bonchev–Trinajstić information content (AvgIpc) is 2.65. The molecule has 15 heavy (non-hydrogen) atoms. The van der Waals surface area contributed by atoms with Crippen LogP contribution >= 0.6 is 11.3 Å². The van der Waals surface area contributed by atoms with E-state index in [1.807, 2.05) is 6.20 Å². The summed E-state index contributed by atoms with van der Waals surface area (Å²) in [5, 5.41) is 10.8. The molecule has 84 valence electrons. The van der Waals surface area contributed by atoms with Gasteiger partial charge in [0.05, 0.1) is 11.1 Å². The first-order valence-electron chi connectivity index (χ1n) is 5.62. The molecule has 1 aliphatic heterocycles. The highest BCUT2D eigenvalue weighted by atomic mass is 32.1. The molecule has 0 bridgehead atoms. The second kappa shape index (κ2) is 5.05. The number of aliphatic hydroxyl groups excluding tert-OH is 1. The number of thiazole rings is 1. The van der Waals surface area contributed by atoms with Crippen LogP contribution in [-0.4, -0.2) is 34.2 Å². The minimum absolute atomic E-state index is 0.127. The molecule has 1 N–H and O–H groups in total. The molecule has 4 heteroatoms. The van der Waals surface area contributed by atoms with E-state index in [1.165, 1.54) is 9.88 Å². The molecule has 2 heterocycles. The summed E-state index contributed by atoms with van der Waals surface area (Å²) in [4.78, 5) is 7.99. The first-order valence-corrected chi connectivity index (χ1v) is 6.43. The van der Waals surface area contributed by atoms with Gasteiger partial charge in [-0.1, -0.05) is 6.92 Å². The molecule has 0 radical (unpaired) electrons. The van der Waals surface area contributed by atoms with Crippen molar-refractivity contribution < 1.29 is 5.11 Å². The lowest BCUT2D eigenvalue weighted by Gasteiger charge is -2.29. The number of aliphatic hydroxyl groups is 1. The molecule has 3 nitrogen and oxygen atoms in total. The van der Waals surface area contributed by atoms with Crippen LogP contribution in [-0.2, 0) is 13.0 Å². The summed E-state index contributed by atoms with van der Waals surface area (Å²) in [6, 6.07) is 0. The quantitative estimate of drug-likeness (QED) is 0.851. The van der Waals surface area contributed by atoms with E-state index in [0.29, 0.717) is 0 Å². The van der Waals surface area contributed by atoms with E-state index in [9.17, 15) is 5.11 Å². The van der Waals surface area contributed by atoms with Gasteiger partial charge in [0.15, 0.2) is 0 Å². The van der Waals surface area contributed by atoms with Crippen molar-refractivity contribution in [3.63, 3.8) is 0 Å². The molecule has 1 unspecified atom stereocenters. The topological polar surface area (TPSA) is 36.4 Å². The molecule has 0 aromatic carbocycles. The Balaban J connectivity index is 1.90. The summed E-state index contributed by atoms with van der Waals surface area (Å²) >= 11 is 1.79. The van der Waals surface area contributed by atoms with E-state index in [4.69, 9.17) is 0 Å². The van der Waals surface area contributed by atoms with Crippen LogP contribution < -0.4 is 0 Å². The summed E-state index contributed by atoms with van der Waals surface area (Å²) in [7, 11) is 0. The van der Waals surface area contributed by atoms with Crippen LogP contribution in [0.4, 0.5) is 0 Å². The Morgan fingerprint density at radius 1 is 1.67 bits per heavy atom. The minimum atomic E-state index is -0.127. The number of rotatable bonds is 3. The van der Waals surface area contributed by atoms with Gasteiger partial charge in [-0.3, -0.25) is 4.90 Å².